The number of carboxylic acid groups (broad SMARTS) is 1. The van der Waals surface area contributed by atoms with Crippen molar-refractivity contribution >= 4 is 53.3 Å². The van der Waals surface area contributed by atoms with Crippen LogP contribution < -0.4 is 36.6 Å². The third kappa shape index (κ3) is 24.9. The zero-order valence-electron chi connectivity index (χ0n) is 64.4. The van der Waals surface area contributed by atoms with E-state index in [4.69, 9.17) is 18.9 Å². The van der Waals surface area contributed by atoms with Crippen molar-refractivity contribution in [3.8, 4) is 5.75 Å². The Labute approximate surface area is 631 Å². The van der Waals surface area contributed by atoms with Gasteiger partial charge in [-0.15, -0.1) is 0 Å². The Hall–Kier alpha value is -9.77. The molecule has 1 fully saturated rings. The van der Waals surface area contributed by atoms with Crippen molar-refractivity contribution in [3.05, 3.63) is 209 Å². The fraction of sp³-hybridized carbons (Fsp3) is 0.471. The second-order valence-electron chi connectivity index (χ2n) is 29.7. The van der Waals surface area contributed by atoms with Crippen LogP contribution in [-0.2, 0) is 82.4 Å². The van der Waals surface area contributed by atoms with Crippen LogP contribution in [0.25, 0.3) is 0 Å². The van der Waals surface area contributed by atoms with Gasteiger partial charge >= 0.3 is 11.9 Å². The summed E-state index contributed by atoms with van der Waals surface area (Å²) in [5.41, 5.74) is 3.00. The van der Waals surface area contributed by atoms with Gasteiger partial charge in [-0.3, -0.25) is 38.5 Å². The van der Waals surface area contributed by atoms with Crippen LogP contribution >= 0.6 is 0 Å². The second-order valence-corrected chi connectivity index (χ2v) is 29.7. The number of nitrogens with one attached hydrogen (secondary N) is 6. The molecule has 1 heterocycles. The number of aliphatic carboxylic acids is 1. The minimum atomic E-state index is -1.84. The lowest BCUT2D eigenvalue weighted by Gasteiger charge is -2.37. The molecule has 6 aromatic rings. The van der Waals surface area contributed by atoms with E-state index in [-0.39, 0.29) is 31.6 Å². The quantitative estimate of drug-likeness (QED) is 0.0139. The van der Waals surface area contributed by atoms with Crippen molar-refractivity contribution in [2.75, 3.05) is 20.3 Å². The number of hydrogen-bond donors (Lipinski definition) is 7. The number of ether oxygens (including phenoxy) is 4. The number of nitrogens with zero attached hydrogens (tertiary/aromatic N) is 2. The van der Waals surface area contributed by atoms with Crippen LogP contribution in [0, 0.1) is 23.7 Å². The predicted octanol–water partition coefficient (Wildman–Crippen LogP) is 10.6. The molecule has 6 aromatic carbocycles. The molecule has 0 saturated carbocycles. The maximum Gasteiger partial charge on any atom is 0.329 e. The second kappa shape index (κ2) is 40.8. The van der Waals surface area contributed by atoms with Crippen LogP contribution in [-0.4, -0.2) is 149 Å². The van der Waals surface area contributed by atoms with E-state index < -0.39 is 137 Å². The largest absolute Gasteiger partial charge is 0.488 e. The number of rotatable bonds is 40. The Morgan fingerprint density at radius 1 is 0.523 bits per heavy atom. The minimum absolute atomic E-state index is 0.0250. The highest BCUT2D eigenvalue weighted by molar-refractivity contribution is 5.96. The maximum absolute atomic E-state index is 15.7. The first kappa shape index (κ1) is 84.5. The molecular formula is C85H112N8O14. The summed E-state index contributed by atoms with van der Waals surface area (Å²) in [4.78, 5) is 136. The van der Waals surface area contributed by atoms with Gasteiger partial charge in [0.05, 0.1) is 19.3 Å². The third-order valence-corrected chi connectivity index (χ3v) is 19.4. The van der Waals surface area contributed by atoms with Crippen molar-refractivity contribution in [1.29, 1.82) is 0 Å². The molecule has 107 heavy (non-hydrogen) atoms. The van der Waals surface area contributed by atoms with Crippen LogP contribution in [0.2, 0.25) is 0 Å². The van der Waals surface area contributed by atoms with Gasteiger partial charge in [-0.2, -0.15) is 0 Å². The summed E-state index contributed by atoms with van der Waals surface area (Å²) in [7, 11) is 1.49. The van der Waals surface area contributed by atoms with Gasteiger partial charge in [0.15, 0.2) is 6.29 Å². The molecule has 7 N–H and O–H groups in total. The van der Waals surface area contributed by atoms with Crippen LogP contribution in [0.5, 0.6) is 5.75 Å². The number of carbonyl (C=O) groups excluding carboxylic acids is 8. The van der Waals surface area contributed by atoms with Crippen molar-refractivity contribution in [2.45, 2.75) is 213 Å². The normalized spacial score (nSPS) is 15.4. The molecule has 7 rings (SSSR count). The number of amides is 7. The molecular weight excluding hydrogens is 1360 g/mol. The molecule has 0 radical (unpaired) electrons. The van der Waals surface area contributed by atoms with Crippen LogP contribution in [0.3, 0.4) is 0 Å². The summed E-state index contributed by atoms with van der Waals surface area (Å²) in [6, 6.07) is 45.3. The number of likely N-dealkylation sites (N-methyl/N-ethyl adjacent to an activating group) is 1. The van der Waals surface area contributed by atoms with Crippen molar-refractivity contribution in [1.82, 2.24) is 41.7 Å². The van der Waals surface area contributed by atoms with Crippen molar-refractivity contribution in [2.24, 2.45) is 23.7 Å². The van der Waals surface area contributed by atoms with E-state index in [2.05, 4.69) is 36.8 Å². The lowest BCUT2D eigenvalue weighted by molar-refractivity contribution is -0.158. The van der Waals surface area contributed by atoms with E-state index in [1.165, 1.54) is 18.9 Å². The topological polar surface area (TPSA) is 289 Å². The van der Waals surface area contributed by atoms with Gasteiger partial charge in [0, 0.05) is 45.3 Å². The summed E-state index contributed by atoms with van der Waals surface area (Å²) in [5.74, 6) is -8.72. The Morgan fingerprint density at radius 2 is 0.981 bits per heavy atom. The zero-order valence-corrected chi connectivity index (χ0v) is 64.4. The molecule has 22 heteroatoms. The average molecular weight is 1470 g/mol. The SMILES string of the molecule is CC[C@H](C)[C@H](NC(=O)[C@H](Cc1ccc(OC(C)(C)C)cc1)N(C)C(=O)[C@@H](NC(=O)[C@H](CCC1OCCO1)N(Cc1ccccc1)Cc1ccccc1)[C@@H](C)CC)C(=O)O[C@H](C)[C@H](NC(=O)[C@H](CCC(=O)NC(c1ccccc1)(c1ccccc1)c1ccccc1)NC(=O)C(C)C)C(=O)N[C@@H](CC(C)C)C(=O)O. The molecule has 0 bridgehead atoms. The zero-order chi connectivity index (χ0) is 78.0. The number of carboxylic acids is 1. The van der Waals surface area contributed by atoms with E-state index in [0.29, 0.717) is 63.3 Å². The molecule has 7 amide bonds. The first-order valence-electron chi connectivity index (χ1n) is 37.5. The molecule has 10 atom stereocenters. The first-order valence-corrected chi connectivity index (χ1v) is 37.5. The molecule has 1 aliphatic heterocycles. The van der Waals surface area contributed by atoms with Crippen LogP contribution in [0.1, 0.15) is 161 Å². The van der Waals surface area contributed by atoms with Gasteiger partial charge in [0.2, 0.25) is 41.4 Å². The van der Waals surface area contributed by atoms with Gasteiger partial charge in [0.1, 0.15) is 59.2 Å². The van der Waals surface area contributed by atoms with Crippen molar-refractivity contribution < 1.29 is 67.2 Å². The summed E-state index contributed by atoms with van der Waals surface area (Å²) in [6.45, 7) is 22.7. The Morgan fingerprint density at radius 3 is 1.45 bits per heavy atom. The Balaban J connectivity index is 1.20. The molecule has 1 aliphatic rings. The fourth-order valence-corrected chi connectivity index (χ4v) is 13.0. The highest BCUT2D eigenvalue weighted by Gasteiger charge is 2.43. The van der Waals surface area contributed by atoms with E-state index >= 15 is 24.0 Å². The summed E-state index contributed by atoms with van der Waals surface area (Å²) in [6.07, 6.45) is -1.46. The van der Waals surface area contributed by atoms with Crippen LogP contribution in [0.4, 0.5) is 0 Å². The third-order valence-electron chi connectivity index (χ3n) is 19.4. The van der Waals surface area contributed by atoms with E-state index in [0.717, 1.165) is 27.8 Å². The number of benzene rings is 6. The molecule has 1 saturated heterocycles. The lowest BCUT2D eigenvalue weighted by Crippen LogP contribution is -2.61. The van der Waals surface area contributed by atoms with E-state index in [1.807, 2.05) is 186 Å². The van der Waals surface area contributed by atoms with Gasteiger partial charge in [-0.05, 0) is 110 Å². The predicted molar refractivity (Wildman–Crippen MR) is 411 cm³/mol. The monoisotopic (exact) mass is 1470 g/mol. The molecule has 22 nitrogen and oxygen atoms in total. The van der Waals surface area contributed by atoms with Crippen LogP contribution in [0.15, 0.2) is 176 Å². The van der Waals surface area contributed by atoms with Gasteiger partial charge in [0.25, 0.3) is 0 Å². The van der Waals surface area contributed by atoms with Gasteiger partial charge in [-0.25, -0.2) is 9.59 Å². The summed E-state index contributed by atoms with van der Waals surface area (Å²) < 4.78 is 24.1. The van der Waals surface area contributed by atoms with Crippen molar-refractivity contribution in [3.63, 3.8) is 0 Å². The molecule has 0 spiro atoms. The highest BCUT2D eigenvalue weighted by atomic mass is 16.7. The first-order chi connectivity index (χ1) is 51.0. The number of esters is 1. The molecule has 0 unspecified atom stereocenters. The highest BCUT2D eigenvalue weighted by Crippen LogP contribution is 2.37. The minimum Gasteiger partial charge on any atom is -0.488 e. The lowest BCUT2D eigenvalue weighted by atomic mass is 9.77. The number of hydrogen-bond acceptors (Lipinski definition) is 14. The standard InChI is InChI=1S/C85H112N8O14/c1-14-57(7)73(88-78(97)69(46-48-72-104-49-50-105-72)93(53-61-31-21-16-22-32-61)54-62-33-23-17-24-34-62)81(100)92(13)70(52-60-41-43-66(44-42-60)107-84(10,11)12)79(98)89-74(58(8)15-2)83(103)106-59(9)75(80(99)87-68(82(101)102)51-55(3)4)90-77(96)67(86-76(95)56(5)6)45-47-71(94)91-85(63-35-25-18-26-36-63,64-37-27-19-28-38-64)65-39-29-20-30-40-65/h16-44,55-59,67-70,72-75H,14-15,45-54H2,1-13H3,(H,86,95)(H,87,99)(H,88,97)(H,89,98)(H,90,96)(H,91,94)(H,101,102)/t57-,58-,59+,67-,68-,69-,70-,73-,74-,75-/m0/s1. The summed E-state index contributed by atoms with van der Waals surface area (Å²) in [5, 5.41) is 27.7. The Bertz CT molecular complexity index is 3680. The van der Waals surface area contributed by atoms with Gasteiger partial charge < -0.3 is 60.9 Å². The fourth-order valence-electron chi connectivity index (χ4n) is 13.0. The maximum atomic E-state index is 15.7. The molecule has 0 aliphatic carbocycles. The molecule has 0 aromatic heterocycles. The Kier molecular flexibility index (Phi) is 32.2. The smallest absolute Gasteiger partial charge is 0.329 e. The van der Waals surface area contributed by atoms with E-state index in [1.54, 1.807) is 65.8 Å². The van der Waals surface area contributed by atoms with E-state index in [9.17, 15) is 24.3 Å². The summed E-state index contributed by atoms with van der Waals surface area (Å²) >= 11 is 0. The molecule has 576 valence electrons. The average Bonchev–Trinajstić information content (AvgIpc) is 0.886. The van der Waals surface area contributed by atoms with Gasteiger partial charge in [-0.1, -0.05) is 232 Å². The number of carbonyl (C=O) groups is 9.